The van der Waals surface area contributed by atoms with Crippen LogP contribution < -0.4 is 19.5 Å². The number of nitrogens with zero attached hydrogens (tertiary/aromatic N) is 4. The van der Waals surface area contributed by atoms with Crippen molar-refractivity contribution in [2.24, 2.45) is 17.8 Å². The van der Waals surface area contributed by atoms with Gasteiger partial charge in [0.15, 0.2) is 0 Å². The monoisotopic (exact) mass is 918 g/mol. The van der Waals surface area contributed by atoms with Gasteiger partial charge in [0.1, 0.15) is 40.0 Å². The predicted octanol–water partition coefficient (Wildman–Crippen LogP) is 6.68. The number of carbonyl (C=O) groups is 4. The largest absolute Gasteiger partial charge is 0.497 e. The summed E-state index contributed by atoms with van der Waals surface area (Å²) in [5.74, 6) is -3.95. The van der Waals surface area contributed by atoms with Crippen molar-refractivity contribution in [3.8, 4) is 22.2 Å². The van der Waals surface area contributed by atoms with Crippen LogP contribution in [0.1, 0.15) is 86.0 Å². The lowest BCUT2D eigenvalue weighted by Crippen LogP contribution is -2.66. The number of fused-ring (bicyclic) bond motifs is 3. The maximum absolute atomic E-state index is 15.3. The van der Waals surface area contributed by atoms with E-state index in [-0.39, 0.29) is 48.9 Å². The molecule has 3 N–H and O–H groups in total. The van der Waals surface area contributed by atoms with E-state index in [0.29, 0.717) is 66.6 Å². The minimum atomic E-state index is -5.11. The molecule has 2 saturated carbocycles. The number of amides is 4. The number of carboxylic acid groups (broad SMARTS) is 1. The molecule has 7 rings (SSSR count). The summed E-state index contributed by atoms with van der Waals surface area (Å²) in [5.41, 5.74) is -4.10. The Morgan fingerprint density at radius 2 is 1.87 bits per heavy atom. The molecule has 7 atom stereocenters. The number of thiazole rings is 1. The molecule has 1 aromatic carbocycles. The van der Waals surface area contributed by atoms with E-state index < -0.39 is 85.9 Å². The van der Waals surface area contributed by atoms with E-state index in [1.54, 1.807) is 43.6 Å². The van der Waals surface area contributed by atoms with Crippen molar-refractivity contribution in [2.75, 3.05) is 13.7 Å². The Balaban J connectivity index is 1.32. The number of ether oxygens (including phenoxy) is 2. The lowest BCUT2D eigenvalue weighted by Gasteiger charge is -2.46. The lowest BCUT2D eigenvalue weighted by atomic mass is 9.82. The number of benzene rings is 1. The molecule has 15 nitrogen and oxygen atoms in total. The number of hydrogen-bond donors (Lipinski definition) is 3. The van der Waals surface area contributed by atoms with Crippen LogP contribution in [0, 0.1) is 17.8 Å². The van der Waals surface area contributed by atoms with Crippen molar-refractivity contribution < 1.29 is 55.3 Å². The fourth-order valence-electron chi connectivity index (χ4n) is 8.87. The highest BCUT2D eigenvalue weighted by Crippen LogP contribution is 2.48. The van der Waals surface area contributed by atoms with E-state index in [1.165, 1.54) is 25.4 Å². The van der Waals surface area contributed by atoms with Crippen LogP contribution >= 0.6 is 11.3 Å². The Morgan fingerprint density at radius 1 is 1.14 bits per heavy atom. The van der Waals surface area contributed by atoms with E-state index in [1.807, 2.05) is 18.4 Å². The van der Waals surface area contributed by atoms with Crippen LogP contribution in [-0.4, -0.2) is 111 Å². The number of hydrogen-bond acceptors (Lipinski definition) is 11. The van der Waals surface area contributed by atoms with Crippen LogP contribution in [0.5, 0.6) is 11.6 Å². The molecule has 4 aliphatic rings. The molecule has 4 heterocycles. The quantitative estimate of drug-likeness (QED) is 0.184. The molecule has 0 spiro atoms. The third-order valence-corrected chi connectivity index (χ3v) is 16.3. The second-order valence-corrected chi connectivity index (χ2v) is 21.1. The fraction of sp³-hybridized carbons (Fsp3) is 0.581. The highest BCUT2D eigenvalue weighted by molar-refractivity contribution is 7.91. The molecular weight excluding hydrogens is 866 g/mol. The first-order chi connectivity index (χ1) is 29.6. The van der Waals surface area contributed by atoms with Gasteiger partial charge >= 0.3 is 12.3 Å². The Kier molecular flexibility index (Phi) is 12.3. The Labute approximate surface area is 367 Å². The summed E-state index contributed by atoms with van der Waals surface area (Å²) in [6, 6.07) is 1.81. The Morgan fingerprint density at radius 3 is 2.49 bits per heavy atom. The van der Waals surface area contributed by atoms with E-state index in [2.05, 4.69) is 20.0 Å². The summed E-state index contributed by atoms with van der Waals surface area (Å²) in [6.07, 6.45) is 0.455. The van der Waals surface area contributed by atoms with Crippen molar-refractivity contribution in [3.05, 3.63) is 48.1 Å². The van der Waals surface area contributed by atoms with E-state index in [4.69, 9.17) is 9.47 Å². The molecule has 2 aliphatic carbocycles. The van der Waals surface area contributed by atoms with Crippen LogP contribution in [0.2, 0.25) is 0 Å². The average Bonchev–Trinajstić information content (AvgIpc) is 3.97. The number of carbonyl (C=O) groups excluding carboxylic acids is 3. The van der Waals surface area contributed by atoms with Crippen LogP contribution in [-0.2, 0) is 24.4 Å². The molecular formula is C43H53F3N6O9S2. The number of halogens is 3. The summed E-state index contributed by atoms with van der Waals surface area (Å²) in [4.78, 5) is 67.5. The maximum Gasteiger partial charge on any atom is 0.411 e. The first kappa shape index (κ1) is 46.0. The zero-order valence-electron chi connectivity index (χ0n) is 35.9. The lowest BCUT2D eigenvalue weighted by molar-refractivity contribution is -0.222. The Hall–Kier alpha value is -4.98. The molecule has 20 heteroatoms. The highest BCUT2D eigenvalue weighted by atomic mass is 32.2. The molecule has 0 radical (unpaired) electrons. The summed E-state index contributed by atoms with van der Waals surface area (Å²) >= 11 is 1.39. The molecule has 0 unspecified atom stereocenters. The minimum absolute atomic E-state index is 0.0430. The van der Waals surface area contributed by atoms with Gasteiger partial charge < -0.3 is 24.8 Å². The first-order valence-corrected chi connectivity index (χ1v) is 23.4. The van der Waals surface area contributed by atoms with Gasteiger partial charge in [-0.3, -0.25) is 24.0 Å². The second-order valence-electron chi connectivity index (χ2n) is 18.0. The summed E-state index contributed by atoms with van der Waals surface area (Å²) in [6.45, 7) is 6.11. The van der Waals surface area contributed by atoms with Gasteiger partial charge in [-0.2, -0.15) is 13.2 Å². The summed E-state index contributed by atoms with van der Waals surface area (Å²) < 4.78 is 84.3. The number of nitrogens with one attached hydrogen (secondary N) is 2. The highest BCUT2D eigenvalue weighted by Gasteiger charge is 2.64. The third-order valence-electron chi connectivity index (χ3n) is 13.3. The van der Waals surface area contributed by atoms with Crippen molar-refractivity contribution >= 4 is 55.9 Å². The van der Waals surface area contributed by atoms with Gasteiger partial charge in [-0.15, -0.1) is 11.3 Å². The molecule has 4 amide bonds. The third kappa shape index (κ3) is 8.68. The van der Waals surface area contributed by atoms with Crippen LogP contribution in [0.25, 0.3) is 21.3 Å². The van der Waals surface area contributed by atoms with Crippen molar-refractivity contribution in [3.63, 3.8) is 0 Å². The normalized spacial score (nSPS) is 27.6. The fourth-order valence-corrected chi connectivity index (χ4v) is 10.8. The predicted molar refractivity (Wildman–Crippen MR) is 227 cm³/mol. The van der Waals surface area contributed by atoms with E-state index in [0.717, 1.165) is 4.90 Å². The van der Waals surface area contributed by atoms with Gasteiger partial charge in [-0.25, -0.2) is 23.2 Å². The van der Waals surface area contributed by atoms with E-state index in [9.17, 15) is 41.1 Å². The molecule has 3 aromatic rings. The zero-order valence-corrected chi connectivity index (χ0v) is 37.5. The summed E-state index contributed by atoms with van der Waals surface area (Å²) in [7, 11) is -2.62. The van der Waals surface area contributed by atoms with Gasteiger partial charge in [0.2, 0.25) is 27.7 Å². The maximum atomic E-state index is 15.3. The SMILES string of the molecule is CC[C@@H]1C[C@H](C)CCC=C[C@@H]2C[C@@]2(C(=O)NS(=O)(=O)C2(C)CC2)NC(=O)[C@@H]2C[C@@H](Oc3ncc(-c4nccs4)c4cc(OC)ccc34)CN2C(=O)[C@H]1N(C(=O)O)C(C)(C)C(F)(F)F. The number of allylic oxidation sites excluding steroid dienone is 1. The Bertz CT molecular complexity index is 2410. The summed E-state index contributed by atoms with van der Waals surface area (Å²) in [5, 5.41) is 17.1. The van der Waals surface area contributed by atoms with E-state index >= 15 is 4.79 Å². The van der Waals surface area contributed by atoms with Crippen molar-refractivity contribution in [1.82, 2.24) is 29.8 Å². The number of sulfonamides is 1. The minimum Gasteiger partial charge on any atom is -0.497 e. The number of rotatable bonds is 10. The topological polar surface area (TPSA) is 197 Å². The molecule has 342 valence electrons. The van der Waals surface area contributed by atoms with Gasteiger partial charge in [0.05, 0.1) is 18.4 Å². The number of pyridine rings is 1. The van der Waals surface area contributed by atoms with Crippen molar-refractivity contribution in [2.45, 2.75) is 126 Å². The molecule has 2 aromatic heterocycles. The molecule has 3 fully saturated rings. The molecule has 0 bridgehead atoms. The first-order valence-electron chi connectivity index (χ1n) is 21.1. The average molecular weight is 919 g/mol. The number of aromatic nitrogens is 2. The standard InChI is InChI=1S/C43H53F3N6O9S2/c1-7-25-18-24(2)10-8-9-11-26-21-42(26,38(55)50-63(58,59)41(5)14-15-41)49-34(53)32-20-28(23-51(32)37(54)33(25)52(39(56)57)40(3,4)43(44,45)46)61-35-29-13-12-27(60-6)19-30(29)31(22-48-35)36-47-16-17-62-36/h9,11-13,16-17,19,22,24-26,28,32-33H,7-8,10,14-15,18,20-21,23H2,1-6H3,(H,49,53)(H,50,55)(H,56,57)/t24-,25-,26-,28-,32+,33+,42-/m1/s1. The van der Waals surface area contributed by atoms with Gasteiger partial charge in [0.25, 0.3) is 5.91 Å². The van der Waals surface area contributed by atoms with Gasteiger partial charge in [0, 0.05) is 46.4 Å². The second kappa shape index (κ2) is 16.9. The van der Waals surface area contributed by atoms with Crippen LogP contribution in [0.15, 0.2) is 48.1 Å². The zero-order chi connectivity index (χ0) is 45.9. The van der Waals surface area contributed by atoms with Crippen LogP contribution in [0.4, 0.5) is 18.0 Å². The van der Waals surface area contributed by atoms with Crippen molar-refractivity contribution in [1.29, 1.82) is 0 Å². The van der Waals surface area contributed by atoms with Gasteiger partial charge in [-0.05, 0) is 89.3 Å². The number of methoxy groups -OCH3 is 1. The molecule has 1 saturated heterocycles. The molecule has 63 heavy (non-hydrogen) atoms. The number of alkyl halides is 3. The van der Waals surface area contributed by atoms with Gasteiger partial charge in [-0.1, -0.05) is 32.4 Å². The van der Waals surface area contributed by atoms with Crippen LogP contribution in [0.3, 0.4) is 0 Å². The molecule has 2 aliphatic heterocycles. The smallest absolute Gasteiger partial charge is 0.411 e.